The number of benzene rings is 1. The molecule has 0 aliphatic carbocycles. The molecule has 1 heterocycles. The molecule has 0 unspecified atom stereocenters. The van der Waals surface area contributed by atoms with Gasteiger partial charge in [-0.3, -0.25) is 0 Å². The van der Waals surface area contributed by atoms with Gasteiger partial charge in [0.1, 0.15) is 0 Å². The van der Waals surface area contributed by atoms with E-state index < -0.39 is 0 Å². The predicted octanol–water partition coefficient (Wildman–Crippen LogP) is 3.08. The Morgan fingerprint density at radius 1 is 1.33 bits per heavy atom. The maximum Gasteiger partial charge on any atom is 0.0637 e. The van der Waals surface area contributed by atoms with Crippen LogP contribution in [0.4, 0.5) is 11.4 Å². The smallest absolute Gasteiger partial charge is 0.0637 e. The first-order valence-electron chi connectivity index (χ1n) is 5.84. The van der Waals surface area contributed by atoms with E-state index in [0.717, 1.165) is 23.5 Å². The summed E-state index contributed by atoms with van der Waals surface area (Å²) in [6, 6.07) is 8.23. The second kappa shape index (κ2) is 5.89. The fraction of sp³-hybridized carbons (Fsp3) is 0.286. The lowest BCUT2D eigenvalue weighted by atomic mass is 10.1. The first-order valence-corrected chi connectivity index (χ1v) is 6.79. The highest BCUT2D eigenvalue weighted by atomic mass is 32.1. The number of nitrogens with two attached hydrogens (primary N) is 1. The molecule has 2 aromatic rings. The molecular weight excluding hydrogens is 244 g/mol. The first-order chi connectivity index (χ1) is 8.72. The number of hydrogen-bond donors (Lipinski definition) is 1. The number of rotatable bonds is 5. The molecule has 2 rings (SSSR count). The zero-order chi connectivity index (χ0) is 13.0. The van der Waals surface area contributed by atoms with Crippen molar-refractivity contribution < 1.29 is 4.74 Å². The molecular formula is C14H18N2OS. The highest BCUT2D eigenvalue weighted by Gasteiger charge is 2.07. The van der Waals surface area contributed by atoms with Crippen LogP contribution in [0.25, 0.3) is 11.1 Å². The van der Waals surface area contributed by atoms with Crippen LogP contribution in [-0.4, -0.2) is 27.3 Å². The Bertz CT molecular complexity index is 497. The Hall–Kier alpha value is -1.52. The van der Waals surface area contributed by atoms with Crippen LogP contribution >= 0.6 is 11.3 Å². The standard InChI is InChI=1S/C14H18N2OS/c1-16(6-7-17-2)12-3-4-14(15)13(9-12)11-5-8-18-10-11/h3-5,8-10H,6-7,15H2,1-2H3. The van der Waals surface area contributed by atoms with Gasteiger partial charge in [-0.1, -0.05) is 0 Å². The third-order valence-electron chi connectivity index (χ3n) is 2.94. The lowest BCUT2D eigenvalue weighted by Gasteiger charge is -2.20. The molecule has 0 radical (unpaired) electrons. The second-order valence-corrected chi connectivity index (χ2v) is 4.98. The molecule has 0 amide bonds. The molecule has 0 fully saturated rings. The largest absolute Gasteiger partial charge is 0.398 e. The number of methoxy groups -OCH3 is 1. The molecule has 0 aliphatic rings. The molecule has 1 aromatic carbocycles. The summed E-state index contributed by atoms with van der Waals surface area (Å²) in [5.74, 6) is 0. The van der Waals surface area contributed by atoms with Crippen LogP contribution in [0.3, 0.4) is 0 Å². The Kier molecular flexibility index (Phi) is 4.23. The van der Waals surface area contributed by atoms with Gasteiger partial charge >= 0.3 is 0 Å². The van der Waals surface area contributed by atoms with Gasteiger partial charge in [0.25, 0.3) is 0 Å². The van der Waals surface area contributed by atoms with Crippen LogP contribution in [-0.2, 0) is 4.74 Å². The summed E-state index contributed by atoms with van der Waals surface area (Å²) in [4.78, 5) is 2.17. The van der Waals surface area contributed by atoms with Gasteiger partial charge in [-0.2, -0.15) is 11.3 Å². The van der Waals surface area contributed by atoms with Crippen molar-refractivity contribution in [3.8, 4) is 11.1 Å². The van der Waals surface area contributed by atoms with Crippen molar-refractivity contribution in [2.75, 3.05) is 37.9 Å². The summed E-state index contributed by atoms with van der Waals surface area (Å²) in [6.07, 6.45) is 0. The fourth-order valence-corrected chi connectivity index (χ4v) is 2.46. The zero-order valence-corrected chi connectivity index (χ0v) is 11.5. The number of anilines is 2. The summed E-state index contributed by atoms with van der Waals surface area (Å²) >= 11 is 1.68. The van der Waals surface area contributed by atoms with E-state index >= 15 is 0 Å². The van der Waals surface area contributed by atoms with Gasteiger partial charge in [0.2, 0.25) is 0 Å². The Morgan fingerprint density at radius 3 is 2.83 bits per heavy atom. The summed E-state index contributed by atoms with van der Waals surface area (Å²) in [5, 5.41) is 4.18. The Balaban J connectivity index is 2.26. The van der Waals surface area contributed by atoms with Crippen molar-refractivity contribution in [1.29, 1.82) is 0 Å². The van der Waals surface area contributed by atoms with Crippen LogP contribution in [0, 0.1) is 0 Å². The summed E-state index contributed by atoms with van der Waals surface area (Å²) < 4.78 is 5.10. The van der Waals surface area contributed by atoms with E-state index in [1.54, 1.807) is 18.4 Å². The zero-order valence-electron chi connectivity index (χ0n) is 10.7. The van der Waals surface area contributed by atoms with Crippen LogP contribution < -0.4 is 10.6 Å². The molecule has 0 bridgehead atoms. The predicted molar refractivity (Wildman–Crippen MR) is 79.3 cm³/mol. The molecule has 0 spiro atoms. The van der Waals surface area contributed by atoms with E-state index in [1.165, 1.54) is 5.56 Å². The van der Waals surface area contributed by atoms with E-state index in [0.29, 0.717) is 6.61 Å². The van der Waals surface area contributed by atoms with Crippen molar-refractivity contribution in [2.24, 2.45) is 0 Å². The van der Waals surface area contributed by atoms with Gasteiger partial charge in [0.05, 0.1) is 6.61 Å². The molecule has 2 N–H and O–H groups in total. The monoisotopic (exact) mass is 262 g/mol. The van der Waals surface area contributed by atoms with Gasteiger partial charge in [0.15, 0.2) is 0 Å². The van der Waals surface area contributed by atoms with Crippen molar-refractivity contribution in [2.45, 2.75) is 0 Å². The molecule has 1 aromatic heterocycles. The minimum Gasteiger partial charge on any atom is -0.398 e. The molecule has 96 valence electrons. The van der Waals surface area contributed by atoms with Crippen molar-refractivity contribution in [3.63, 3.8) is 0 Å². The molecule has 3 nitrogen and oxygen atoms in total. The summed E-state index contributed by atoms with van der Waals surface area (Å²) in [7, 11) is 3.77. The third kappa shape index (κ3) is 2.83. The van der Waals surface area contributed by atoms with Crippen molar-refractivity contribution in [1.82, 2.24) is 0 Å². The lowest BCUT2D eigenvalue weighted by molar-refractivity contribution is 0.206. The average Bonchev–Trinajstić information content (AvgIpc) is 2.90. The number of nitrogens with zero attached hydrogens (tertiary/aromatic N) is 1. The Labute approximate surface area is 112 Å². The normalized spacial score (nSPS) is 10.6. The lowest BCUT2D eigenvalue weighted by Crippen LogP contribution is -2.22. The SMILES string of the molecule is COCCN(C)c1ccc(N)c(-c2ccsc2)c1. The number of thiophene rings is 1. The van der Waals surface area contributed by atoms with E-state index in [-0.39, 0.29) is 0 Å². The van der Waals surface area contributed by atoms with Crippen molar-refractivity contribution in [3.05, 3.63) is 35.0 Å². The van der Waals surface area contributed by atoms with E-state index in [9.17, 15) is 0 Å². The average molecular weight is 262 g/mol. The van der Waals surface area contributed by atoms with E-state index in [4.69, 9.17) is 10.5 Å². The number of nitrogen functional groups attached to an aromatic ring is 1. The van der Waals surface area contributed by atoms with Gasteiger partial charge < -0.3 is 15.4 Å². The minimum atomic E-state index is 0.717. The molecule has 4 heteroatoms. The van der Waals surface area contributed by atoms with Crippen molar-refractivity contribution >= 4 is 22.7 Å². The van der Waals surface area contributed by atoms with E-state index in [1.807, 2.05) is 12.1 Å². The maximum atomic E-state index is 6.04. The fourth-order valence-electron chi connectivity index (χ4n) is 1.81. The summed E-state index contributed by atoms with van der Waals surface area (Å²) in [6.45, 7) is 1.58. The second-order valence-electron chi connectivity index (χ2n) is 4.20. The van der Waals surface area contributed by atoms with Crippen LogP contribution in [0.2, 0.25) is 0 Å². The van der Waals surface area contributed by atoms with Gasteiger partial charge in [-0.15, -0.1) is 0 Å². The topological polar surface area (TPSA) is 38.5 Å². The molecule has 0 atom stereocenters. The number of likely N-dealkylation sites (N-methyl/N-ethyl adjacent to an activating group) is 1. The van der Waals surface area contributed by atoms with Gasteiger partial charge in [-0.25, -0.2) is 0 Å². The third-order valence-corrected chi connectivity index (χ3v) is 3.62. The minimum absolute atomic E-state index is 0.717. The van der Waals surface area contributed by atoms with Crippen LogP contribution in [0.5, 0.6) is 0 Å². The Morgan fingerprint density at radius 2 is 2.17 bits per heavy atom. The van der Waals surface area contributed by atoms with Gasteiger partial charge in [0, 0.05) is 37.6 Å². The molecule has 0 saturated carbocycles. The highest BCUT2D eigenvalue weighted by Crippen LogP contribution is 2.31. The first kappa shape index (κ1) is 12.9. The molecule has 18 heavy (non-hydrogen) atoms. The quantitative estimate of drug-likeness (QED) is 0.842. The molecule has 0 saturated heterocycles. The number of hydrogen-bond acceptors (Lipinski definition) is 4. The number of ether oxygens (including phenoxy) is 1. The maximum absolute atomic E-state index is 6.04. The highest BCUT2D eigenvalue weighted by molar-refractivity contribution is 7.08. The summed E-state index contributed by atoms with van der Waals surface area (Å²) in [5.41, 5.74) is 10.3. The van der Waals surface area contributed by atoms with Gasteiger partial charge in [-0.05, 0) is 40.6 Å². The van der Waals surface area contributed by atoms with E-state index in [2.05, 4.69) is 34.8 Å². The molecule has 0 aliphatic heterocycles. The van der Waals surface area contributed by atoms with Crippen LogP contribution in [0.1, 0.15) is 0 Å². The van der Waals surface area contributed by atoms with Crippen LogP contribution in [0.15, 0.2) is 35.0 Å².